The molecule has 1 atom stereocenters. The van der Waals surface area contributed by atoms with Gasteiger partial charge in [0.2, 0.25) is 0 Å². The first-order valence-electron chi connectivity index (χ1n) is 5.38. The van der Waals surface area contributed by atoms with Crippen molar-refractivity contribution in [2.24, 2.45) is 11.3 Å². The Balaban J connectivity index is 2.95. The minimum Gasteiger partial charge on any atom is -0.481 e. The summed E-state index contributed by atoms with van der Waals surface area (Å²) in [7, 11) is 0. The number of carbonyl (C=O) groups is 1. The van der Waals surface area contributed by atoms with Crippen LogP contribution in [0.5, 0.6) is 0 Å². The van der Waals surface area contributed by atoms with Crippen LogP contribution in [0, 0.1) is 11.3 Å². The molecule has 2 nitrogen and oxygen atoms in total. The first kappa shape index (κ1) is 14.3. The minimum absolute atomic E-state index is 0.294. The van der Waals surface area contributed by atoms with E-state index in [1.807, 2.05) is 26.8 Å². The third kappa shape index (κ3) is 3.90. The number of aliphatic carboxylic acids is 1. The van der Waals surface area contributed by atoms with Gasteiger partial charge in [-0.15, -0.1) is 0 Å². The van der Waals surface area contributed by atoms with Crippen LogP contribution in [-0.4, -0.2) is 11.1 Å². The molecule has 0 fully saturated rings. The summed E-state index contributed by atoms with van der Waals surface area (Å²) in [6.45, 7) is 5.76. The Hall–Kier alpha value is -0.730. The maximum atomic E-state index is 11.2. The van der Waals surface area contributed by atoms with Crippen LogP contribution in [0.15, 0.2) is 18.2 Å². The Kier molecular flexibility index (Phi) is 4.45. The molecule has 0 bridgehead atoms. The van der Waals surface area contributed by atoms with E-state index in [0.29, 0.717) is 16.5 Å². The molecule has 1 unspecified atom stereocenters. The van der Waals surface area contributed by atoms with Crippen LogP contribution in [0.4, 0.5) is 0 Å². The first-order chi connectivity index (χ1) is 7.71. The second-order valence-electron chi connectivity index (χ2n) is 5.21. The molecule has 0 aliphatic heterocycles. The molecule has 0 aliphatic carbocycles. The largest absolute Gasteiger partial charge is 0.481 e. The standard InChI is InChI=1S/C13H16Cl2O2/c1-13(2,3)9(12(16)17)6-8-4-5-10(14)11(15)7-8/h4-5,7,9H,6H2,1-3H3,(H,16,17). The van der Waals surface area contributed by atoms with E-state index in [1.165, 1.54) is 0 Å². The Bertz CT molecular complexity index is 422. The molecule has 1 rings (SSSR count). The van der Waals surface area contributed by atoms with E-state index < -0.39 is 11.9 Å². The van der Waals surface area contributed by atoms with Gasteiger partial charge in [-0.25, -0.2) is 0 Å². The van der Waals surface area contributed by atoms with Crippen molar-refractivity contribution >= 4 is 29.2 Å². The molecule has 0 saturated carbocycles. The monoisotopic (exact) mass is 274 g/mol. The van der Waals surface area contributed by atoms with Crippen molar-refractivity contribution in [1.82, 2.24) is 0 Å². The molecule has 1 aromatic carbocycles. The molecule has 0 aliphatic rings. The highest BCUT2D eigenvalue weighted by atomic mass is 35.5. The first-order valence-corrected chi connectivity index (χ1v) is 6.14. The summed E-state index contributed by atoms with van der Waals surface area (Å²) in [4.78, 5) is 11.2. The molecule has 17 heavy (non-hydrogen) atoms. The number of rotatable bonds is 3. The lowest BCUT2D eigenvalue weighted by Crippen LogP contribution is -2.30. The summed E-state index contributed by atoms with van der Waals surface area (Å²) >= 11 is 11.7. The molecule has 4 heteroatoms. The van der Waals surface area contributed by atoms with Crippen molar-refractivity contribution in [2.75, 3.05) is 0 Å². The highest BCUT2D eigenvalue weighted by molar-refractivity contribution is 6.42. The summed E-state index contributed by atoms with van der Waals surface area (Å²) in [6, 6.07) is 5.24. The number of carboxylic acids is 1. The lowest BCUT2D eigenvalue weighted by Gasteiger charge is -2.27. The predicted molar refractivity (Wildman–Crippen MR) is 70.7 cm³/mol. The number of halogens is 2. The van der Waals surface area contributed by atoms with Crippen molar-refractivity contribution < 1.29 is 9.90 Å². The van der Waals surface area contributed by atoms with Gasteiger partial charge in [0.15, 0.2) is 0 Å². The van der Waals surface area contributed by atoms with E-state index in [9.17, 15) is 9.90 Å². The molecule has 1 N–H and O–H groups in total. The van der Waals surface area contributed by atoms with Crippen molar-refractivity contribution in [3.05, 3.63) is 33.8 Å². The third-order valence-corrected chi connectivity index (χ3v) is 3.51. The summed E-state index contributed by atoms with van der Waals surface area (Å²) in [5.41, 5.74) is 0.597. The van der Waals surface area contributed by atoms with Crippen LogP contribution in [0.2, 0.25) is 10.0 Å². The molecule has 0 heterocycles. The summed E-state index contributed by atoms with van der Waals surface area (Å²) in [6.07, 6.45) is 0.454. The zero-order valence-electron chi connectivity index (χ0n) is 10.1. The zero-order valence-corrected chi connectivity index (χ0v) is 11.6. The van der Waals surface area contributed by atoms with E-state index in [1.54, 1.807) is 12.1 Å². The van der Waals surface area contributed by atoms with Gasteiger partial charge in [-0.1, -0.05) is 50.0 Å². The average Bonchev–Trinajstić information content (AvgIpc) is 2.17. The van der Waals surface area contributed by atoms with Gasteiger partial charge in [0.25, 0.3) is 0 Å². The Morgan fingerprint density at radius 2 is 1.88 bits per heavy atom. The van der Waals surface area contributed by atoms with Gasteiger partial charge in [-0.3, -0.25) is 4.79 Å². The van der Waals surface area contributed by atoms with Gasteiger partial charge in [-0.05, 0) is 29.5 Å². The highest BCUT2D eigenvalue weighted by Crippen LogP contribution is 2.31. The van der Waals surface area contributed by atoms with E-state index >= 15 is 0 Å². The van der Waals surface area contributed by atoms with Crippen LogP contribution < -0.4 is 0 Å². The second kappa shape index (κ2) is 5.28. The second-order valence-corrected chi connectivity index (χ2v) is 6.02. The van der Waals surface area contributed by atoms with Crippen molar-refractivity contribution in [1.29, 1.82) is 0 Å². The maximum Gasteiger partial charge on any atom is 0.307 e. The summed E-state index contributed by atoms with van der Waals surface area (Å²) < 4.78 is 0. The summed E-state index contributed by atoms with van der Waals surface area (Å²) in [5.74, 6) is -1.23. The van der Waals surface area contributed by atoms with Gasteiger partial charge >= 0.3 is 5.97 Å². The normalized spacial score (nSPS) is 13.5. The van der Waals surface area contributed by atoms with Gasteiger partial charge < -0.3 is 5.11 Å². The zero-order chi connectivity index (χ0) is 13.2. The van der Waals surface area contributed by atoms with Crippen LogP contribution in [-0.2, 0) is 11.2 Å². The number of hydrogen-bond acceptors (Lipinski definition) is 1. The van der Waals surface area contributed by atoms with Crippen LogP contribution in [0.1, 0.15) is 26.3 Å². The smallest absolute Gasteiger partial charge is 0.307 e. The molecule has 0 spiro atoms. The van der Waals surface area contributed by atoms with Crippen LogP contribution in [0.25, 0.3) is 0 Å². The Labute approximate surface area is 112 Å². The molecular formula is C13H16Cl2O2. The number of carboxylic acid groups (broad SMARTS) is 1. The maximum absolute atomic E-state index is 11.2. The quantitative estimate of drug-likeness (QED) is 0.893. The summed E-state index contributed by atoms with van der Waals surface area (Å²) in [5, 5.41) is 10.2. The molecule has 1 aromatic rings. The van der Waals surface area contributed by atoms with Crippen molar-refractivity contribution in [2.45, 2.75) is 27.2 Å². The number of benzene rings is 1. The van der Waals surface area contributed by atoms with Gasteiger partial charge in [0.05, 0.1) is 16.0 Å². The molecule has 0 radical (unpaired) electrons. The highest BCUT2D eigenvalue weighted by Gasteiger charge is 2.31. The van der Waals surface area contributed by atoms with Crippen LogP contribution >= 0.6 is 23.2 Å². The fourth-order valence-electron chi connectivity index (χ4n) is 1.67. The van der Waals surface area contributed by atoms with Crippen molar-refractivity contribution in [3.8, 4) is 0 Å². The van der Waals surface area contributed by atoms with Crippen molar-refractivity contribution in [3.63, 3.8) is 0 Å². The third-order valence-electron chi connectivity index (χ3n) is 2.77. The fraction of sp³-hybridized carbons (Fsp3) is 0.462. The van der Waals surface area contributed by atoms with E-state index in [-0.39, 0.29) is 5.41 Å². The molecule has 0 amide bonds. The molecule has 94 valence electrons. The SMILES string of the molecule is CC(C)(C)C(Cc1ccc(Cl)c(Cl)c1)C(=O)O. The van der Waals surface area contributed by atoms with Gasteiger partial charge in [0.1, 0.15) is 0 Å². The lowest BCUT2D eigenvalue weighted by molar-refractivity contribution is -0.145. The average molecular weight is 275 g/mol. The number of hydrogen-bond donors (Lipinski definition) is 1. The van der Waals surface area contributed by atoms with E-state index in [4.69, 9.17) is 23.2 Å². The minimum atomic E-state index is -0.788. The topological polar surface area (TPSA) is 37.3 Å². The van der Waals surface area contributed by atoms with Gasteiger partial charge in [0, 0.05) is 0 Å². The van der Waals surface area contributed by atoms with E-state index in [2.05, 4.69) is 0 Å². The molecular weight excluding hydrogens is 259 g/mol. The molecule has 0 aromatic heterocycles. The predicted octanol–water partition coefficient (Wildman–Crippen LogP) is 4.28. The van der Waals surface area contributed by atoms with Gasteiger partial charge in [-0.2, -0.15) is 0 Å². The lowest BCUT2D eigenvalue weighted by atomic mass is 9.77. The fourth-order valence-corrected chi connectivity index (χ4v) is 1.99. The molecule has 0 saturated heterocycles. The van der Waals surface area contributed by atoms with E-state index in [0.717, 1.165) is 5.56 Å². The Morgan fingerprint density at radius 3 is 2.29 bits per heavy atom. The Morgan fingerprint density at radius 1 is 1.29 bits per heavy atom. The van der Waals surface area contributed by atoms with Crippen LogP contribution in [0.3, 0.4) is 0 Å².